The van der Waals surface area contributed by atoms with E-state index in [2.05, 4.69) is 74.5 Å². The van der Waals surface area contributed by atoms with Crippen molar-refractivity contribution in [2.45, 2.75) is 26.3 Å². The van der Waals surface area contributed by atoms with Crippen LogP contribution < -0.4 is 5.01 Å². The molecule has 2 heterocycles. The number of aromatic nitrogens is 2. The van der Waals surface area contributed by atoms with Crippen LogP contribution in [0.4, 0.5) is 5.95 Å². The van der Waals surface area contributed by atoms with Crippen LogP contribution in [-0.2, 0) is 0 Å². The van der Waals surface area contributed by atoms with E-state index < -0.39 is 0 Å². The fraction of sp³-hybridized carbons (Fsp3) is 0.129. The fourth-order valence-electron chi connectivity index (χ4n) is 4.84. The van der Waals surface area contributed by atoms with Gasteiger partial charge in [-0.25, -0.2) is 15.0 Å². The summed E-state index contributed by atoms with van der Waals surface area (Å²) in [6.45, 7) is 4.23. The van der Waals surface area contributed by atoms with Crippen LogP contribution in [0.2, 0.25) is 5.02 Å². The highest BCUT2D eigenvalue weighted by atomic mass is 35.5. The average Bonchev–Trinajstić information content (AvgIpc) is 3.34. The topological polar surface area (TPSA) is 41.4 Å². The lowest BCUT2D eigenvalue weighted by Crippen LogP contribution is -2.21. The van der Waals surface area contributed by atoms with Gasteiger partial charge in [-0.1, -0.05) is 102 Å². The first-order valence-corrected chi connectivity index (χ1v) is 12.5. The van der Waals surface area contributed by atoms with Crippen LogP contribution in [0.1, 0.15) is 34.7 Å². The zero-order chi connectivity index (χ0) is 24.6. The van der Waals surface area contributed by atoms with Crippen molar-refractivity contribution >= 4 is 34.2 Å². The van der Waals surface area contributed by atoms with Gasteiger partial charge in [0.1, 0.15) is 0 Å². The second kappa shape index (κ2) is 9.21. The number of hydrogen-bond acceptors (Lipinski definition) is 4. The summed E-state index contributed by atoms with van der Waals surface area (Å²) in [5, 5.41) is 8.69. The Balaban J connectivity index is 1.55. The van der Waals surface area contributed by atoms with Crippen molar-refractivity contribution < 1.29 is 0 Å². The van der Waals surface area contributed by atoms with Gasteiger partial charge in [0.05, 0.1) is 23.0 Å². The van der Waals surface area contributed by atoms with E-state index in [4.69, 9.17) is 26.7 Å². The van der Waals surface area contributed by atoms with E-state index >= 15 is 0 Å². The molecule has 1 aliphatic heterocycles. The summed E-state index contributed by atoms with van der Waals surface area (Å²) >= 11 is 6.37. The number of rotatable bonds is 4. The highest BCUT2D eigenvalue weighted by Gasteiger charge is 2.32. The van der Waals surface area contributed by atoms with Crippen molar-refractivity contribution in [2.75, 3.05) is 5.01 Å². The highest BCUT2D eigenvalue weighted by Crippen LogP contribution is 2.38. The summed E-state index contributed by atoms with van der Waals surface area (Å²) in [7, 11) is 0. The maximum Gasteiger partial charge on any atom is 0.247 e. The minimum atomic E-state index is -0.00575. The van der Waals surface area contributed by atoms with E-state index in [0.29, 0.717) is 11.0 Å². The molecule has 0 radical (unpaired) electrons. The molecule has 5 aromatic rings. The zero-order valence-electron chi connectivity index (χ0n) is 20.2. The van der Waals surface area contributed by atoms with Gasteiger partial charge in [-0.2, -0.15) is 5.10 Å². The Morgan fingerprint density at radius 1 is 0.750 bits per heavy atom. The van der Waals surface area contributed by atoms with Crippen LogP contribution in [0.5, 0.6) is 0 Å². The smallest absolute Gasteiger partial charge is 0.223 e. The lowest BCUT2D eigenvalue weighted by atomic mass is 9.97. The Hall–Kier alpha value is -4.02. The maximum absolute atomic E-state index is 6.37. The predicted octanol–water partition coefficient (Wildman–Crippen LogP) is 7.92. The average molecular weight is 489 g/mol. The molecule has 0 amide bonds. The Kier molecular flexibility index (Phi) is 5.74. The van der Waals surface area contributed by atoms with Gasteiger partial charge < -0.3 is 0 Å². The van der Waals surface area contributed by atoms with Crippen LogP contribution in [0, 0.1) is 13.8 Å². The van der Waals surface area contributed by atoms with Crippen molar-refractivity contribution in [3.63, 3.8) is 0 Å². The quantitative estimate of drug-likeness (QED) is 0.258. The monoisotopic (exact) mass is 488 g/mol. The van der Waals surface area contributed by atoms with E-state index in [1.165, 1.54) is 16.7 Å². The van der Waals surface area contributed by atoms with Gasteiger partial charge >= 0.3 is 0 Å². The molecule has 5 heteroatoms. The van der Waals surface area contributed by atoms with Crippen molar-refractivity contribution in [2.24, 2.45) is 5.10 Å². The number of hydrazone groups is 1. The summed E-state index contributed by atoms with van der Waals surface area (Å²) < 4.78 is 0. The number of hydrogen-bond donors (Lipinski definition) is 0. The van der Waals surface area contributed by atoms with Crippen molar-refractivity contribution in [1.29, 1.82) is 0 Å². The Morgan fingerprint density at radius 2 is 1.50 bits per heavy atom. The van der Waals surface area contributed by atoms with Crippen molar-refractivity contribution in [1.82, 2.24) is 9.97 Å². The third-order valence-corrected chi connectivity index (χ3v) is 6.82. The number of benzene rings is 4. The fourth-order valence-corrected chi connectivity index (χ4v) is 5.01. The van der Waals surface area contributed by atoms with E-state index in [9.17, 15) is 0 Å². The van der Waals surface area contributed by atoms with Gasteiger partial charge in [-0.05, 0) is 43.2 Å². The van der Waals surface area contributed by atoms with Crippen molar-refractivity contribution in [3.05, 3.63) is 124 Å². The number of anilines is 1. The summed E-state index contributed by atoms with van der Waals surface area (Å²) in [6.07, 6.45) is 0.773. The van der Waals surface area contributed by atoms with Gasteiger partial charge in [0.2, 0.25) is 5.95 Å². The number of aryl methyl sites for hydroxylation is 2. The molecule has 0 N–H and O–H groups in total. The normalized spacial score (nSPS) is 15.4. The molecule has 0 unspecified atom stereocenters. The molecule has 6 rings (SSSR count). The number of halogens is 1. The van der Waals surface area contributed by atoms with Gasteiger partial charge in [0.15, 0.2) is 0 Å². The Labute approximate surface area is 215 Å². The third-order valence-electron chi connectivity index (χ3n) is 6.59. The molecule has 0 bridgehead atoms. The van der Waals surface area contributed by atoms with E-state index in [1.807, 2.05) is 41.4 Å². The first kappa shape index (κ1) is 22.4. The molecule has 0 fully saturated rings. The molecular weight excluding hydrogens is 464 g/mol. The lowest BCUT2D eigenvalue weighted by Gasteiger charge is -2.23. The summed E-state index contributed by atoms with van der Waals surface area (Å²) in [5.41, 5.74) is 8.49. The number of fused-ring (bicyclic) bond motifs is 1. The van der Waals surface area contributed by atoms with Crippen LogP contribution in [0.3, 0.4) is 0 Å². The summed E-state index contributed by atoms with van der Waals surface area (Å²) in [6, 6.07) is 33.1. The maximum atomic E-state index is 6.37. The Morgan fingerprint density at radius 3 is 2.28 bits per heavy atom. The first-order chi connectivity index (χ1) is 17.5. The minimum Gasteiger partial charge on any atom is -0.223 e. The van der Waals surface area contributed by atoms with Gasteiger partial charge in [0, 0.05) is 22.4 Å². The largest absolute Gasteiger partial charge is 0.247 e. The van der Waals surface area contributed by atoms with Gasteiger partial charge in [-0.3, -0.25) is 0 Å². The van der Waals surface area contributed by atoms with Crippen LogP contribution in [0.25, 0.3) is 22.2 Å². The van der Waals surface area contributed by atoms with Crippen LogP contribution in [-0.4, -0.2) is 15.7 Å². The zero-order valence-corrected chi connectivity index (χ0v) is 20.9. The second-order valence-electron chi connectivity index (χ2n) is 9.29. The first-order valence-electron chi connectivity index (χ1n) is 12.1. The summed E-state index contributed by atoms with van der Waals surface area (Å²) in [4.78, 5) is 10.1. The molecule has 1 aliphatic rings. The predicted molar refractivity (Wildman–Crippen MR) is 149 cm³/mol. The molecule has 1 atom stereocenters. The molecule has 4 nitrogen and oxygen atoms in total. The lowest BCUT2D eigenvalue weighted by molar-refractivity contribution is 0.688. The van der Waals surface area contributed by atoms with E-state index in [-0.39, 0.29) is 6.04 Å². The van der Waals surface area contributed by atoms with Gasteiger partial charge in [0.25, 0.3) is 0 Å². The molecule has 4 aromatic carbocycles. The van der Waals surface area contributed by atoms with Crippen molar-refractivity contribution in [3.8, 4) is 11.3 Å². The molecule has 176 valence electrons. The van der Waals surface area contributed by atoms with Crippen LogP contribution >= 0.6 is 11.6 Å². The molecule has 0 saturated heterocycles. The molecule has 0 saturated carbocycles. The SMILES string of the molecule is Cc1cccc(C2=NN(c3nc(-c4ccccc4)c4cc(Cl)ccc4n3)[C@H](c3cccc(C)c3)C2)c1. The van der Waals surface area contributed by atoms with Gasteiger partial charge in [-0.15, -0.1) is 0 Å². The molecule has 0 spiro atoms. The summed E-state index contributed by atoms with van der Waals surface area (Å²) in [5.74, 6) is 0.581. The third kappa shape index (κ3) is 4.25. The molecular formula is C31H25ClN4. The molecule has 1 aromatic heterocycles. The number of nitrogens with zero attached hydrogens (tertiary/aromatic N) is 4. The highest BCUT2D eigenvalue weighted by molar-refractivity contribution is 6.31. The Bertz CT molecular complexity index is 1610. The molecule has 36 heavy (non-hydrogen) atoms. The van der Waals surface area contributed by atoms with E-state index in [0.717, 1.165) is 39.9 Å². The molecule has 0 aliphatic carbocycles. The standard InChI is InChI=1S/C31H25ClN4/c1-20-8-6-12-23(16-20)28-19-29(24-13-7-9-21(2)17-24)36(35-28)31-33-27-15-14-25(32)18-26(27)30(34-31)22-10-4-3-5-11-22/h3-18,29H,19H2,1-2H3/t29-/m0/s1. The second-order valence-corrected chi connectivity index (χ2v) is 9.73. The van der Waals surface area contributed by atoms with Crippen LogP contribution in [0.15, 0.2) is 102 Å². The minimum absolute atomic E-state index is 0.00575. The van der Waals surface area contributed by atoms with E-state index in [1.54, 1.807) is 0 Å².